The Morgan fingerprint density at radius 3 is 2.67 bits per heavy atom. The Morgan fingerprint density at radius 1 is 1.38 bits per heavy atom. The summed E-state index contributed by atoms with van der Waals surface area (Å²) in [4.78, 5) is 0.0430. The maximum atomic E-state index is 12.8. The number of nitrogen functional groups attached to an aromatic ring is 1. The van der Waals surface area contributed by atoms with E-state index in [9.17, 15) is 8.42 Å². The number of aromatic nitrogens is 2. The molecule has 0 amide bonds. The molecule has 3 N–H and O–H groups in total. The van der Waals surface area contributed by atoms with Crippen LogP contribution in [0.5, 0.6) is 0 Å². The highest BCUT2D eigenvalue weighted by atomic mass is 79.9. The van der Waals surface area contributed by atoms with Crippen LogP contribution in [-0.2, 0) is 16.6 Å². The Balaban J connectivity index is 1.96. The maximum Gasteiger partial charge on any atom is 0.248 e. The van der Waals surface area contributed by atoms with Gasteiger partial charge in [0.05, 0.1) is 6.20 Å². The van der Waals surface area contributed by atoms with Crippen LogP contribution in [0.3, 0.4) is 0 Å². The first-order valence-corrected chi connectivity index (χ1v) is 8.77. The van der Waals surface area contributed by atoms with Gasteiger partial charge in [-0.3, -0.25) is 5.10 Å². The standard InChI is InChI=1S/C13H15BrN4O2S/c14-11-4-2-1-3-9(11)8-18(10-5-6-10)21(19,20)12-7-16-17-13(12)15/h1-4,7,10H,5-6,8H2,(H3,15,16,17). The molecule has 1 aliphatic carbocycles. The molecule has 0 saturated heterocycles. The number of hydrogen-bond acceptors (Lipinski definition) is 4. The second-order valence-corrected chi connectivity index (χ2v) is 7.73. The lowest BCUT2D eigenvalue weighted by Gasteiger charge is -2.22. The van der Waals surface area contributed by atoms with E-state index >= 15 is 0 Å². The number of hydrogen-bond donors (Lipinski definition) is 2. The van der Waals surface area contributed by atoms with Crippen LogP contribution < -0.4 is 5.73 Å². The molecular formula is C13H15BrN4O2S. The summed E-state index contributed by atoms with van der Waals surface area (Å²) in [5.41, 5.74) is 6.60. The van der Waals surface area contributed by atoms with Crippen molar-refractivity contribution in [2.75, 3.05) is 5.73 Å². The van der Waals surface area contributed by atoms with Gasteiger partial charge >= 0.3 is 0 Å². The van der Waals surface area contributed by atoms with Crippen LogP contribution in [-0.4, -0.2) is 29.0 Å². The molecule has 0 bridgehead atoms. The van der Waals surface area contributed by atoms with E-state index in [4.69, 9.17) is 5.73 Å². The van der Waals surface area contributed by atoms with Crippen LogP contribution in [0, 0.1) is 0 Å². The smallest absolute Gasteiger partial charge is 0.248 e. The number of nitrogens with zero attached hydrogens (tertiary/aromatic N) is 2. The lowest BCUT2D eigenvalue weighted by Crippen LogP contribution is -2.33. The fraction of sp³-hybridized carbons (Fsp3) is 0.308. The summed E-state index contributed by atoms with van der Waals surface area (Å²) in [7, 11) is -3.65. The van der Waals surface area contributed by atoms with E-state index in [2.05, 4.69) is 26.1 Å². The Kier molecular flexibility index (Phi) is 3.76. The molecule has 1 aliphatic rings. The van der Waals surface area contributed by atoms with Gasteiger partial charge < -0.3 is 5.73 Å². The predicted octanol–water partition coefficient (Wildman–Crippen LogP) is 2.11. The number of benzene rings is 1. The number of rotatable bonds is 5. The number of anilines is 1. The summed E-state index contributed by atoms with van der Waals surface area (Å²) in [5, 5.41) is 6.19. The molecule has 112 valence electrons. The van der Waals surface area contributed by atoms with Crippen molar-refractivity contribution in [1.82, 2.24) is 14.5 Å². The first-order valence-electron chi connectivity index (χ1n) is 6.54. The molecule has 3 rings (SSSR count). The fourth-order valence-electron chi connectivity index (χ4n) is 2.18. The van der Waals surface area contributed by atoms with Crippen molar-refractivity contribution in [1.29, 1.82) is 0 Å². The van der Waals surface area contributed by atoms with E-state index < -0.39 is 10.0 Å². The topological polar surface area (TPSA) is 92.1 Å². The van der Waals surface area contributed by atoms with Crippen molar-refractivity contribution in [3.8, 4) is 0 Å². The second kappa shape index (κ2) is 5.43. The van der Waals surface area contributed by atoms with Gasteiger partial charge in [0.15, 0.2) is 0 Å². The first kappa shape index (κ1) is 14.6. The highest BCUT2D eigenvalue weighted by molar-refractivity contribution is 9.10. The first-order chi connectivity index (χ1) is 10.00. The van der Waals surface area contributed by atoms with Crippen molar-refractivity contribution in [3.05, 3.63) is 40.5 Å². The quantitative estimate of drug-likeness (QED) is 0.842. The Morgan fingerprint density at radius 2 is 2.10 bits per heavy atom. The molecule has 6 nitrogen and oxygen atoms in total. The summed E-state index contributed by atoms with van der Waals surface area (Å²) in [6, 6.07) is 7.64. The van der Waals surface area contributed by atoms with Gasteiger partial charge in [-0.05, 0) is 24.5 Å². The summed E-state index contributed by atoms with van der Waals surface area (Å²) in [6.07, 6.45) is 3.02. The van der Waals surface area contributed by atoms with Gasteiger partial charge in [-0.25, -0.2) is 8.42 Å². The van der Waals surface area contributed by atoms with Crippen LogP contribution in [0.1, 0.15) is 18.4 Å². The number of aromatic amines is 1. The molecule has 1 fully saturated rings. The van der Waals surface area contributed by atoms with Gasteiger partial charge in [-0.15, -0.1) is 0 Å². The number of sulfonamides is 1. The van der Waals surface area contributed by atoms with Crippen molar-refractivity contribution < 1.29 is 8.42 Å². The largest absolute Gasteiger partial charge is 0.383 e. The van der Waals surface area contributed by atoms with E-state index in [0.717, 1.165) is 22.9 Å². The van der Waals surface area contributed by atoms with Crippen LogP contribution in [0.2, 0.25) is 0 Å². The zero-order valence-electron chi connectivity index (χ0n) is 11.2. The minimum atomic E-state index is -3.65. The molecule has 2 aromatic rings. The van der Waals surface area contributed by atoms with Gasteiger partial charge in [0.25, 0.3) is 0 Å². The SMILES string of the molecule is Nc1[nH]ncc1S(=O)(=O)N(Cc1ccccc1Br)C1CC1. The van der Waals surface area contributed by atoms with Gasteiger partial charge in [-0.2, -0.15) is 9.40 Å². The molecule has 1 aromatic heterocycles. The van der Waals surface area contributed by atoms with Crippen molar-refractivity contribution in [2.45, 2.75) is 30.3 Å². The van der Waals surface area contributed by atoms with Gasteiger partial charge in [0.2, 0.25) is 10.0 Å². The molecule has 0 radical (unpaired) electrons. The molecule has 8 heteroatoms. The third kappa shape index (κ3) is 2.83. The number of nitrogens with one attached hydrogen (secondary N) is 1. The minimum absolute atomic E-state index is 0.0383. The molecule has 0 spiro atoms. The zero-order valence-corrected chi connectivity index (χ0v) is 13.6. The summed E-state index contributed by atoms with van der Waals surface area (Å²) < 4.78 is 28.0. The van der Waals surface area contributed by atoms with E-state index in [1.54, 1.807) is 0 Å². The van der Waals surface area contributed by atoms with Crippen molar-refractivity contribution >= 4 is 31.8 Å². The second-order valence-electron chi connectivity index (χ2n) is 5.02. The highest BCUT2D eigenvalue weighted by Gasteiger charge is 2.39. The maximum absolute atomic E-state index is 12.8. The fourth-order valence-corrected chi connectivity index (χ4v) is 4.27. The molecule has 0 atom stereocenters. The van der Waals surface area contributed by atoms with Crippen molar-refractivity contribution in [3.63, 3.8) is 0 Å². The monoisotopic (exact) mass is 370 g/mol. The number of H-pyrrole nitrogens is 1. The Hall–Kier alpha value is -1.38. The third-order valence-corrected chi connectivity index (χ3v) is 6.16. The Bertz CT molecular complexity index is 755. The van der Waals surface area contributed by atoms with Gasteiger partial charge in [-0.1, -0.05) is 34.1 Å². The number of halogens is 1. The van der Waals surface area contributed by atoms with E-state index in [-0.39, 0.29) is 16.8 Å². The minimum Gasteiger partial charge on any atom is -0.383 e. The third-order valence-electron chi connectivity index (χ3n) is 3.46. The molecule has 0 unspecified atom stereocenters. The molecule has 1 saturated carbocycles. The lowest BCUT2D eigenvalue weighted by molar-refractivity contribution is 0.398. The van der Waals surface area contributed by atoms with Gasteiger partial charge in [0, 0.05) is 17.1 Å². The van der Waals surface area contributed by atoms with E-state index in [1.807, 2.05) is 24.3 Å². The number of nitrogens with two attached hydrogens (primary N) is 1. The summed E-state index contributed by atoms with van der Waals surface area (Å²) >= 11 is 3.46. The zero-order chi connectivity index (χ0) is 15.0. The molecule has 1 aromatic carbocycles. The average Bonchev–Trinajstić information content (AvgIpc) is 3.18. The predicted molar refractivity (Wildman–Crippen MR) is 82.9 cm³/mol. The van der Waals surface area contributed by atoms with Crippen molar-refractivity contribution in [2.24, 2.45) is 0 Å². The Labute approximate surface area is 131 Å². The van der Waals surface area contributed by atoms with E-state index in [0.29, 0.717) is 6.54 Å². The molecule has 0 aliphatic heterocycles. The summed E-state index contributed by atoms with van der Waals surface area (Å²) in [5.74, 6) is 0.0766. The summed E-state index contributed by atoms with van der Waals surface area (Å²) in [6.45, 7) is 0.318. The van der Waals surface area contributed by atoms with Crippen LogP contribution >= 0.6 is 15.9 Å². The van der Waals surface area contributed by atoms with Crippen LogP contribution in [0.25, 0.3) is 0 Å². The van der Waals surface area contributed by atoms with Crippen LogP contribution in [0.15, 0.2) is 39.8 Å². The molecular weight excluding hydrogens is 356 g/mol. The normalized spacial score (nSPS) is 15.5. The van der Waals surface area contributed by atoms with Crippen LogP contribution in [0.4, 0.5) is 5.82 Å². The van der Waals surface area contributed by atoms with Gasteiger partial charge in [0.1, 0.15) is 10.7 Å². The lowest BCUT2D eigenvalue weighted by atomic mass is 10.2. The molecule has 21 heavy (non-hydrogen) atoms. The average molecular weight is 371 g/mol. The molecule has 1 heterocycles. The highest BCUT2D eigenvalue weighted by Crippen LogP contribution is 2.35. The van der Waals surface area contributed by atoms with E-state index in [1.165, 1.54) is 10.5 Å².